The Morgan fingerprint density at radius 2 is 1.67 bits per heavy atom. The Kier molecular flexibility index (Phi) is 1.52. The standard InChI is InChI=1S/C3H8O3/c1-3(5,6)2-4/h4-6H,2H2,1H3. The number of hydrogen-bond acceptors (Lipinski definition) is 3. The number of aliphatic hydroxyl groups is 3. The lowest BCUT2D eigenvalue weighted by atomic mass is 10.4. The van der Waals surface area contributed by atoms with E-state index in [4.69, 9.17) is 15.3 Å². The summed E-state index contributed by atoms with van der Waals surface area (Å²) in [6.07, 6.45) is 0. The molecule has 0 heterocycles. The van der Waals surface area contributed by atoms with E-state index in [9.17, 15) is 0 Å². The van der Waals surface area contributed by atoms with Crippen molar-refractivity contribution >= 4 is 0 Å². The van der Waals surface area contributed by atoms with E-state index in [0.717, 1.165) is 6.92 Å². The van der Waals surface area contributed by atoms with Gasteiger partial charge in [-0.2, -0.15) is 0 Å². The van der Waals surface area contributed by atoms with Gasteiger partial charge in [-0.15, -0.1) is 0 Å². The van der Waals surface area contributed by atoms with E-state index in [1.54, 1.807) is 0 Å². The molecule has 0 aromatic rings. The molecule has 0 saturated heterocycles. The summed E-state index contributed by atoms with van der Waals surface area (Å²) in [5.74, 6) is -1.90. The average molecular weight is 92.1 g/mol. The van der Waals surface area contributed by atoms with Crippen LogP contribution in [0.2, 0.25) is 0 Å². The van der Waals surface area contributed by atoms with Gasteiger partial charge in [-0.1, -0.05) is 0 Å². The van der Waals surface area contributed by atoms with Crippen molar-refractivity contribution < 1.29 is 15.3 Å². The molecule has 0 spiro atoms. The smallest absolute Gasteiger partial charge is 0.183 e. The topological polar surface area (TPSA) is 60.7 Å². The summed E-state index contributed by atoms with van der Waals surface area (Å²) in [6.45, 7) is 0.486. The number of rotatable bonds is 1. The summed E-state index contributed by atoms with van der Waals surface area (Å²) in [6, 6.07) is 0. The second-order valence-corrected chi connectivity index (χ2v) is 1.38. The number of hydrogen-bond donors (Lipinski definition) is 3. The molecule has 38 valence electrons. The van der Waals surface area contributed by atoms with Crippen molar-refractivity contribution in [3.05, 3.63) is 0 Å². The lowest BCUT2D eigenvalue weighted by Gasteiger charge is -2.09. The predicted molar refractivity (Wildman–Crippen MR) is 19.9 cm³/mol. The largest absolute Gasteiger partial charge is 0.391 e. The van der Waals surface area contributed by atoms with E-state index in [1.165, 1.54) is 0 Å². The Morgan fingerprint density at radius 1 is 1.50 bits per heavy atom. The molecule has 0 aromatic carbocycles. The predicted octanol–water partition coefficient (Wildman–Crippen LogP) is -1.32. The van der Waals surface area contributed by atoms with Gasteiger partial charge >= 0.3 is 0 Å². The van der Waals surface area contributed by atoms with Gasteiger partial charge in [-0.25, -0.2) is 0 Å². The Balaban J connectivity index is 3.17. The quantitative estimate of drug-likeness (QED) is 0.351. The highest BCUT2D eigenvalue weighted by molar-refractivity contribution is 4.48. The molecule has 3 heteroatoms. The molecular weight excluding hydrogens is 84.0 g/mol. The van der Waals surface area contributed by atoms with Crippen molar-refractivity contribution in [2.75, 3.05) is 6.61 Å². The molecule has 0 atom stereocenters. The lowest BCUT2D eigenvalue weighted by molar-refractivity contribution is -0.171. The fraction of sp³-hybridized carbons (Fsp3) is 1.00. The average Bonchev–Trinajstić information content (AvgIpc) is 1.35. The zero-order valence-electron chi connectivity index (χ0n) is 3.55. The first-order valence-corrected chi connectivity index (χ1v) is 1.62. The van der Waals surface area contributed by atoms with Crippen LogP contribution in [0.15, 0.2) is 0 Å². The third-order valence-electron chi connectivity index (χ3n) is 0.300. The fourth-order valence-electron chi connectivity index (χ4n) is 0. The van der Waals surface area contributed by atoms with Crippen LogP contribution in [-0.4, -0.2) is 27.7 Å². The highest BCUT2D eigenvalue weighted by Gasteiger charge is 2.10. The summed E-state index contributed by atoms with van der Waals surface area (Å²) < 4.78 is 0. The molecule has 0 aliphatic carbocycles. The normalized spacial score (nSPS) is 12.0. The maximum Gasteiger partial charge on any atom is 0.183 e. The highest BCUT2D eigenvalue weighted by Crippen LogP contribution is 1.90. The first-order chi connectivity index (χ1) is 2.56. The van der Waals surface area contributed by atoms with E-state index in [1.807, 2.05) is 0 Å². The molecule has 0 saturated carbocycles. The molecular formula is C3H8O3. The molecule has 0 unspecified atom stereocenters. The minimum Gasteiger partial charge on any atom is -0.391 e. The maximum absolute atomic E-state index is 8.13. The van der Waals surface area contributed by atoms with Crippen LogP contribution < -0.4 is 0 Å². The van der Waals surface area contributed by atoms with Crippen LogP contribution in [0, 0.1) is 0 Å². The highest BCUT2D eigenvalue weighted by atomic mass is 16.5. The van der Waals surface area contributed by atoms with Crippen molar-refractivity contribution in [2.45, 2.75) is 12.7 Å². The minimum absolute atomic E-state index is 0.618. The molecule has 0 aliphatic rings. The molecule has 0 aliphatic heterocycles. The van der Waals surface area contributed by atoms with Gasteiger partial charge in [0.15, 0.2) is 5.79 Å². The summed E-state index contributed by atoms with van der Waals surface area (Å²) >= 11 is 0. The van der Waals surface area contributed by atoms with E-state index < -0.39 is 12.4 Å². The van der Waals surface area contributed by atoms with Crippen molar-refractivity contribution in [1.29, 1.82) is 0 Å². The SMILES string of the molecule is CC(O)(O)CO. The molecule has 0 radical (unpaired) electrons. The van der Waals surface area contributed by atoms with Gasteiger partial charge in [-0.05, 0) is 6.92 Å². The van der Waals surface area contributed by atoms with E-state index in [2.05, 4.69) is 0 Å². The molecule has 0 rings (SSSR count). The molecule has 0 bridgehead atoms. The summed E-state index contributed by atoms with van der Waals surface area (Å²) in [5, 5.41) is 24.2. The third kappa shape index (κ3) is 3.88. The van der Waals surface area contributed by atoms with Gasteiger partial charge in [0, 0.05) is 0 Å². The van der Waals surface area contributed by atoms with Gasteiger partial charge in [-0.3, -0.25) is 0 Å². The summed E-state index contributed by atoms with van der Waals surface area (Å²) in [7, 11) is 0. The van der Waals surface area contributed by atoms with Crippen LogP contribution in [0.3, 0.4) is 0 Å². The van der Waals surface area contributed by atoms with Crippen molar-refractivity contribution in [3.8, 4) is 0 Å². The zero-order chi connectivity index (χ0) is 5.21. The van der Waals surface area contributed by atoms with Crippen molar-refractivity contribution in [1.82, 2.24) is 0 Å². The first kappa shape index (κ1) is 5.88. The van der Waals surface area contributed by atoms with Gasteiger partial charge in [0.05, 0.1) is 6.61 Å². The lowest BCUT2D eigenvalue weighted by Crippen LogP contribution is -2.27. The fourth-order valence-corrected chi connectivity index (χ4v) is 0. The van der Waals surface area contributed by atoms with Crippen LogP contribution in [0.25, 0.3) is 0 Å². The maximum atomic E-state index is 8.13. The first-order valence-electron chi connectivity index (χ1n) is 1.62. The second kappa shape index (κ2) is 1.55. The van der Waals surface area contributed by atoms with Crippen LogP contribution >= 0.6 is 0 Å². The van der Waals surface area contributed by atoms with Gasteiger partial charge < -0.3 is 15.3 Å². The number of aliphatic hydroxyl groups excluding tert-OH is 1. The molecule has 0 aromatic heterocycles. The van der Waals surface area contributed by atoms with E-state index in [-0.39, 0.29) is 0 Å². The van der Waals surface area contributed by atoms with Crippen LogP contribution in [-0.2, 0) is 0 Å². The van der Waals surface area contributed by atoms with Gasteiger partial charge in [0.2, 0.25) is 0 Å². The van der Waals surface area contributed by atoms with Gasteiger partial charge in [0.25, 0.3) is 0 Å². The molecule has 0 fully saturated rings. The van der Waals surface area contributed by atoms with Crippen molar-refractivity contribution in [2.24, 2.45) is 0 Å². The summed E-state index contributed by atoms with van der Waals surface area (Å²) in [4.78, 5) is 0. The Hall–Kier alpha value is -0.120. The van der Waals surface area contributed by atoms with Gasteiger partial charge in [0.1, 0.15) is 0 Å². The van der Waals surface area contributed by atoms with Crippen LogP contribution in [0.1, 0.15) is 6.92 Å². The van der Waals surface area contributed by atoms with E-state index >= 15 is 0 Å². The van der Waals surface area contributed by atoms with Crippen LogP contribution in [0.4, 0.5) is 0 Å². The van der Waals surface area contributed by atoms with E-state index in [0.29, 0.717) is 0 Å². The second-order valence-electron chi connectivity index (χ2n) is 1.38. The third-order valence-corrected chi connectivity index (χ3v) is 0.300. The zero-order valence-corrected chi connectivity index (χ0v) is 3.55. The van der Waals surface area contributed by atoms with Crippen LogP contribution in [0.5, 0.6) is 0 Å². The molecule has 3 N–H and O–H groups in total. The Morgan fingerprint density at radius 3 is 1.67 bits per heavy atom. The Bertz CT molecular complexity index is 35.8. The molecule has 6 heavy (non-hydrogen) atoms. The summed E-state index contributed by atoms with van der Waals surface area (Å²) in [5.41, 5.74) is 0. The minimum atomic E-state index is -1.90. The Labute approximate surface area is 35.9 Å². The molecule has 3 nitrogen and oxygen atoms in total. The monoisotopic (exact) mass is 92.0 g/mol. The molecule has 0 amide bonds. The van der Waals surface area contributed by atoms with Crippen molar-refractivity contribution in [3.63, 3.8) is 0 Å².